The van der Waals surface area contributed by atoms with Gasteiger partial charge in [-0.25, -0.2) is 0 Å². The Hall–Kier alpha value is -2.40. The summed E-state index contributed by atoms with van der Waals surface area (Å²) in [7, 11) is -0.294. The Morgan fingerprint density at radius 2 is 0.539 bits per heavy atom. The average molecular weight is 1700 g/mol. The molecular weight excluding hydrogens is 1510 g/mol. The van der Waals surface area contributed by atoms with Crippen LogP contribution in [0.5, 0.6) is 0 Å². The molecule has 16 aliphatic rings. The van der Waals surface area contributed by atoms with Crippen molar-refractivity contribution in [2.24, 2.45) is 166 Å². The average Bonchev–Trinajstić information content (AvgIpc) is 1.57. The monoisotopic (exact) mass is 1700 g/mol. The van der Waals surface area contributed by atoms with Gasteiger partial charge in [0.05, 0.1) is 23.7 Å². The molecule has 0 radical (unpaired) electrons. The highest BCUT2D eigenvalue weighted by Crippen LogP contribution is 2.73. The molecule has 0 aliphatic heterocycles. The predicted molar refractivity (Wildman–Crippen MR) is 485 cm³/mol. The molecule has 17 rings (SSSR count). The molecule has 16 saturated carbocycles. The van der Waals surface area contributed by atoms with Crippen molar-refractivity contribution >= 4 is 63.1 Å². The van der Waals surface area contributed by atoms with E-state index >= 15 is 0 Å². The van der Waals surface area contributed by atoms with Crippen LogP contribution in [0.25, 0.3) is 0 Å². The number of ether oxygens (including phenoxy) is 4. The summed E-state index contributed by atoms with van der Waals surface area (Å²) in [6.07, 6.45) is 27.4. The van der Waals surface area contributed by atoms with Crippen molar-refractivity contribution in [3.63, 3.8) is 0 Å². The molecule has 0 spiro atoms. The number of hydrogen-bond acceptors (Lipinski definition) is 12. The smallest absolute Gasteiger partial charge is 0.388 e. The molecular formula is C96H181F3O12Si4. The van der Waals surface area contributed by atoms with Crippen molar-refractivity contribution in [1.29, 1.82) is 0 Å². The van der Waals surface area contributed by atoms with E-state index in [4.69, 9.17) is 32.2 Å². The lowest BCUT2D eigenvalue weighted by atomic mass is 9.67. The van der Waals surface area contributed by atoms with Crippen molar-refractivity contribution in [3.8, 4) is 0 Å². The normalized spacial score (nSPS) is 36.7. The second-order valence-electron chi connectivity index (χ2n) is 43.0. The van der Waals surface area contributed by atoms with Crippen LogP contribution < -0.4 is 5.19 Å². The first-order valence-electron chi connectivity index (χ1n) is 42.8. The maximum atomic E-state index is 12.4. The lowest BCUT2D eigenvalue weighted by Gasteiger charge is -2.38. The minimum absolute atomic E-state index is 0. The summed E-state index contributed by atoms with van der Waals surface area (Å²) >= 11 is 0. The number of halogens is 3. The number of hydrogen-bond donors (Lipinski definition) is 0. The summed E-state index contributed by atoms with van der Waals surface area (Å²) in [6.45, 7) is 41.2. The first-order chi connectivity index (χ1) is 49.6. The van der Waals surface area contributed by atoms with Gasteiger partial charge in [-0.1, -0.05) is 89.7 Å². The van der Waals surface area contributed by atoms with Crippen LogP contribution in [0.3, 0.4) is 0 Å². The lowest BCUT2D eigenvalue weighted by molar-refractivity contribution is -0.164. The summed E-state index contributed by atoms with van der Waals surface area (Å²) in [4.78, 5) is 49.7. The standard InChI is InChI=1S/4C17H26O2.C9H14OSi.C4H9F3OSi.C4H12OSi.C3H10OSi.8CH4/c4*1-17(2,3)19-16(18)13-8-11-7-12(13)15-10-5-4-9(6-10)14(11)15;1-10-11(2,3)9-7-5-4-6-8-9;1-8-9(2,3)4(5,6)7;1-5-6(2,3)4;1-4-5(2)3;;;;;;;;/h4*9-15H,4-8H2,1-3H3;4-8H,1-3H3;1-3H3;1-4H3;5H,1-3H3;8*1H4. The quantitative estimate of drug-likeness (QED) is 0.101. The summed E-state index contributed by atoms with van der Waals surface area (Å²) in [5, 5.41) is 1.35. The molecule has 0 aromatic heterocycles. The molecule has 1 aromatic rings. The fourth-order valence-electron chi connectivity index (χ4n) is 25.9. The Labute approximate surface area is 710 Å². The molecule has 0 amide bonds. The highest BCUT2D eigenvalue weighted by Gasteiger charge is 2.68. The third-order valence-corrected chi connectivity index (χ3v) is 37.3. The first-order valence-corrected chi connectivity index (χ1v) is 54.8. The molecule has 12 nitrogen and oxygen atoms in total. The van der Waals surface area contributed by atoms with Crippen LogP contribution in [-0.4, -0.2) is 115 Å². The van der Waals surface area contributed by atoms with Gasteiger partial charge < -0.3 is 36.7 Å². The summed E-state index contributed by atoms with van der Waals surface area (Å²) in [5.41, 5.74) is -1.31. The van der Waals surface area contributed by atoms with Crippen LogP contribution in [-0.2, 0) is 55.8 Å². The van der Waals surface area contributed by atoms with E-state index in [1.807, 2.05) is 89.2 Å². The van der Waals surface area contributed by atoms with Crippen molar-refractivity contribution in [2.45, 2.75) is 358 Å². The molecule has 0 saturated heterocycles. The minimum atomic E-state index is -4.14. The van der Waals surface area contributed by atoms with E-state index in [0.717, 1.165) is 164 Å². The first kappa shape index (κ1) is 109. The van der Waals surface area contributed by atoms with Crippen LogP contribution >= 0.6 is 0 Å². The van der Waals surface area contributed by atoms with Gasteiger partial charge in [0.15, 0.2) is 17.4 Å². The highest BCUT2D eigenvalue weighted by atomic mass is 28.4. The van der Waals surface area contributed by atoms with Gasteiger partial charge in [0.25, 0.3) is 0 Å². The fraction of sp³-hybridized carbons (Fsp3) is 0.896. The Morgan fingerprint density at radius 3 is 0.696 bits per heavy atom. The fourth-order valence-corrected chi connectivity index (χ4v) is 27.4. The second-order valence-corrected chi connectivity index (χ2v) is 58.2. The number of esters is 4. The number of carbonyl (C=O) groups is 4. The van der Waals surface area contributed by atoms with Gasteiger partial charge in [-0.3, -0.25) is 19.2 Å². The molecule has 0 heterocycles. The van der Waals surface area contributed by atoms with E-state index in [-0.39, 0.29) is 129 Å². The van der Waals surface area contributed by atoms with Crippen molar-refractivity contribution in [2.75, 3.05) is 28.4 Å². The van der Waals surface area contributed by atoms with E-state index in [0.29, 0.717) is 23.7 Å². The maximum Gasteiger partial charge on any atom is 0.388 e. The Kier molecular flexibility index (Phi) is 39.5. The van der Waals surface area contributed by atoms with Crippen molar-refractivity contribution in [3.05, 3.63) is 30.3 Å². The number of rotatable bonds is 9. The molecule has 16 aliphatic carbocycles. The molecule has 28 atom stereocenters. The minimum Gasteiger partial charge on any atom is -0.460 e. The maximum absolute atomic E-state index is 12.4. The number of carbonyl (C=O) groups excluding carboxylic acids is 4. The molecule has 674 valence electrons. The summed E-state index contributed by atoms with van der Waals surface area (Å²) < 4.78 is 77.7. The second kappa shape index (κ2) is 41.9. The van der Waals surface area contributed by atoms with Crippen LogP contribution in [0.4, 0.5) is 13.2 Å². The molecule has 115 heavy (non-hydrogen) atoms. The van der Waals surface area contributed by atoms with Crippen molar-refractivity contribution in [1.82, 2.24) is 0 Å². The Morgan fingerprint density at radius 1 is 0.330 bits per heavy atom. The molecule has 16 fully saturated rings. The Balaban J connectivity index is 0.000000456. The van der Waals surface area contributed by atoms with Gasteiger partial charge in [0.2, 0.25) is 8.32 Å². The zero-order valence-corrected chi connectivity index (χ0v) is 75.5. The third-order valence-electron chi connectivity index (χ3n) is 30.0. The van der Waals surface area contributed by atoms with Crippen LogP contribution in [0, 0.1) is 166 Å². The Bertz CT molecular complexity index is 2840. The third kappa shape index (κ3) is 25.0. The highest BCUT2D eigenvalue weighted by molar-refractivity contribution is 6.84. The molecule has 28 unspecified atom stereocenters. The summed E-state index contributed by atoms with van der Waals surface area (Å²) in [6, 6.07) is 10.4. The molecule has 19 heteroatoms. The van der Waals surface area contributed by atoms with Crippen LogP contribution in [0.15, 0.2) is 30.3 Å². The predicted octanol–water partition coefficient (Wildman–Crippen LogP) is 25.4. The zero-order valence-electron chi connectivity index (χ0n) is 71.3. The van der Waals surface area contributed by atoms with E-state index in [1.165, 1.54) is 108 Å². The zero-order chi connectivity index (χ0) is 79.0. The van der Waals surface area contributed by atoms with Crippen LogP contribution in [0.1, 0.15) is 271 Å². The van der Waals surface area contributed by atoms with Gasteiger partial charge in [-0.15, -0.1) is 0 Å². The lowest BCUT2D eigenvalue weighted by Crippen LogP contribution is -2.46. The number of benzene rings is 1. The van der Waals surface area contributed by atoms with Gasteiger partial charge >= 0.3 is 38.0 Å². The van der Waals surface area contributed by atoms with Crippen LogP contribution in [0.2, 0.25) is 58.9 Å². The molecule has 1 aromatic carbocycles. The number of alkyl halides is 3. The molecule has 16 bridgehead atoms. The summed E-state index contributed by atoms with van der Waals surface area (Å²) in [5.74, 6) is 18.6. The van der Waals surface area contributed by atoms with Gasteiger partial charge in [-0.05, 0) is 418 Å². The largest absolute Gasteiger partial charge is 0.460 e. The van der Waals surface area contributed by atoms with Gasteiger partial charge in [0.1, 0.15) is 22.4 Å². The van der Waals surface area contributed by atoms with Crippen molar-refractivity contribution < 1.29 is 69.0 Å². The van der Waals surface area contributed by atoms with Gasteiger partial charge in [0, 0.05) is 28.4 Å². The SMILES string of the molecule is C.C.C.C.C.C.C.C.CC(C)(C)OC(=O)C1CC2CC1C1C3CCC(C3)C21.CC(C)(C)OC(=O)C1CC2CC1C1C3CCC(C3)C21.CC(C)(C)OC(=O)C1CC2CC1C1C3CCC(C3)C21.CC(C)(C)OC(=O)C1CC2CC1C1C3CCC(C3)C21.CO[SiH](C)C.CO[Si](C)(C)C.CO[Si](C)(C)C(F)(F)F.CO[Si](C)(C)c1ccccc1. The van der Waals surface area contributed by atoms with E-state index in [2.05, 4.69) is 74.5 Å². The van der Waals surface area contributed by atoms with E-state index < -0.39 is 39.8 Å². The van der Waals surface area contributed by atoms with E-state index in [1.54, 1.807) is 21.3 Å². The topological polar surface area (TPSA) is 142 Å². The molecule has 0 N–H and O–H groups in total. The van der Waals surface area contributed by atoms with E-state index in [9.17, 15) is 32.3 Å². The van der Waals surface area contributed by atoms with Gasteiger partial charge in [-0.2, -0.15) is 13.2 Å². The number of fused-ring (bicyclic) bond motifs is 36.